The van der Waals surface area contributed by atoms with E-state index in [4.69, 9.17) is 9.47 Å². The molecule has 1 rings (SSSR count). The van der Waals surface area contributed by atoms with Crippen molar-refractivity contribution in [2.45, 2.75) is 26.7 Å². The highest BCUT2D eigenvalue weighted by atomic mass is 16.8. The molecule has 6 nitrogen and oxygen atoms in total. The number of nitrogens with zero attached hydrogens (tertiary/aromatic N) is 1. The Hall–Kier alpha value is -2.24. The van der Waals surface area contributed by atoms with Crippen LogP contribution in [0.15, 0.2) is 23.4 Å². The lowest BCUT2D eigenvalue weighted by Crippen LogP contribution is -2.04. The zero-order valence-corrected chi connectivity index (χ0v) is 12.8. The Morgan fingerprint density at radius 3 is 2.62 bits per heavy atom. The standard InChI is InChI=1S/C15H21NO5/c1-5-6-9-20-14-10-12(7-8-13(14)18-3)11(2)16-21-15(17)19-4/h7-8,10H,5-6,9H2,1-4H3. The first-order valence-electron chi connectivity index (χ1n) is 6.73. The average Bonchev–Trinajstić information content (AvgIpc) is 2.52. The van der Waals surface area contributed by atoms with Gasteiger partial charge in [-0.05, 0) is 31.5 Å². The number of oxime groups is 1. The monoisotopic (exact) mass is 295 g/mol. The second-order valence-corrected chi connectivity index (χ2v) is 4.29. The zero-order valence-electron chi connectivity index (χ0n) is 12.8. The van der Waals surface area contributed by atoms with Crippen molar-refractivity contribution < 1.29 is 23.8 Å². The number of ether oxygens (including phenoxy) is 3. The molecule has 0 aliphatic rings. The molecule has 0 bridgehead atoms. The van der Waals surface area contributed by atoms with Gasteiger partial charge in [0.15, 0.2) is 11.5 Å². The second-order valence-electron chi connectivity index (χ2n) is 4.29. The molecule has 0 spiro atoms. The van der Waals surface area contributed by atoms with Crippen molar-refractivity contribution in [2.24, 2.45) is 5.16 Å². The molecular weight excluding hydrogens is 274 g/mol. The molecule has 0 aliphatic heterocycles. The number of carbonyl (C=O) groups is 1. The molecule has 0 amide bonds. The van der Waals surface area contributed by atoms with E-state index >= 15 is 0 Å². The van der Waals surface area contributed by atoms with Crippen LogP contribution >= 0.6 is 0 Å². The van der Waals surface area contributed by atoms with Crippen molar-refractivity contribution in [1.29, 1.82) is 0 Å². The summed E-state index contributed by atoms with van der Waals surface area (Å²) in [4.78, 5) is 15.5. The van der Waals surface area contributed by atoms with E-state index < -0.39 is 6.16 Å². The van der Waals surface area contributed by atoms with Crippen LogP contribution in [0.2, 0.25) is 0 Å². The topological polar surface area (TPSA) is 66.4 Å². The molecule has 0 heterocycles. The minimum atomic E-state index is -0.859. The van der Waals surface area contributed by atoms with Crippen molar-refractivity contribution in [3.8, 4) is 11.5 Å². The fourth-order valence-corrected chi connectivity index (χ4v) is 1.54. The summed E-state index contributed by atoms with van der Waals surface area (Å²) in [5, 5.41) is 3.70. The van der Waals surface area contributed by atoms with Gasteiger partial charge in [-0.15, -0.1) is 0 Å². The van der Waals surface area contributed by atoms with Crippen LogP contribution in [0.1, 0.15) is 32.3 Å². The maximum Gasteiger partial charge on any atom is 0.534 e. The minimum Gasteiger partial charge on any atom is -0.493 e. The van der Waals surface area contributed by atoms with Gasteiger partial charge < -0.3 is 14.2 Å². The summed E-state index contributed by atoms with van der Waals surface area (Å²) >= 11 is 0. The lowest BCUT2D eigenvalue weighted by Gasteiger charge is -2.12. The van der Waals surface area contributed by atoms with Crippen LogP contribution in [0, 0.1) is 0 Å². The predicted molar refractivity (Wildman–Crippen MR) is 79.1 cm³/mol. The highest BCUT2D eigenvalue weighted by molar-refractivity contribution is 5.99. The van der Waals surface area contributed by atoms with E-state index in [1.54, 1.807) is 26.2 Å². The Morgan fingerprint density at radius 1 is 1.24 bits per heavy atom. The molecular formula is C15H21NO5. The second kappa shape index (κ2) is 8.84. The van der Waals surface area contributed by atoms with Gasteiger partial charge in [0.25, 0.3) is 0 Å². The number of hydrogen-bond acceptors (Lipinski definition) is 6. The molecule has 6 heteroatoms. The van der Waals surface area contributed by atoms with Crippen molar-refractivity contribution in [2.75, 3.05) is 20.8 Å². The number of unbranched alkanes of at least 4 members (excludes halogenated alkanes) is 1. The first-order chi connectivity index (χ1) is 10.1. The number of hydrogen-bond donors (Lipinski definition) is 0. The quantitative estimate of drug-likeness (QED) is 0.254. The largest absolute Gasteiger partial charge is 0.534 e. The Kier molecular flexibility index (Phi) is 7.08. The summed E-state index contributed by atoms with van der Waals surface area (Å²) in [5.41, 5.74) is 1.30. The minimum absolute atomic E-state index is 0.531. The molecule has 0 fully saturated rings. The molecule has 0 radical (unpaired) electrons. The summed E-state index contributed by atoms with van der Waals surface area (Å²) in [5.74, 6) is 1.28. The third kappa shape index (κ3) is 5.33. The van der Waals surface area contributed by atoms with E-state index in [-0.39, 0.29) is 0 Å². The molecule has 0 saturated carbocycles. The number of benzene rings is 1. The number of carbonyl (C=O) groups excluding carboxylic acids is 1. The maximum absolute atomic E-state index is 10.9. The number of rotatable bonds is 7. The molecule has 116 valence electrons. The van der Waals surface area contributed by atoms with Gasteiger partial charge in [0.05, 0.1) is 26.5 Å². The fraction of sp³-hybridized carbons (Fsp3) is 0.467. The van der Waals surface area contributed by atoms with Crippen LogP contribution in [0.25, 0.3) is 0 Å². The smallest absolute Gasteiger partial charge is 0.493 e. The van der Waals surface area contributed by atoms with Gasteiger partial charge in [0.1, 0.15) is 0 Å². The summed E-state index contributed by atoms with van der Waals surface area (Å²) in [6.45, 7) is 4.43. The van der Waals surface area contributed by atoms with Gasteiger partial charge in [-0.1, -0.05) is 18.5 Å². The zero-order chi connectivity index (χ0) is 15.7. The van der Waals surface area contributed by atoms with E-state index in [1.807, 2.05) is 6.07 Å². The van der Waals surface area contributed by atoms with Gasteiger partial charge >= 0.3 is 6.16 Å². The molecule has 0 atom stereocenters. The van der Waals surface area contributed by atoms with Crippen molar-refractivity contribution in [3.05, 3.63) is 23.8 Å². The summed E-state index contributed by atoms with van der Waals surface area (Å²) in [6.07, 6.45) is 1.16. The van der Waals surface area contributed by atoms with Gasteiger partial charge in [0.2, 0.25) is 0 Å². The third-order valence-electron chi connectivity index (χ3n) is 2.76. The first kappa shape index (κ1) is 16.8. The number of methoxy groups -OCH3 is 2. The fourth-order valence-electron chi connectivity index (χ4n) is 1.54. The van der Waals surface area contributed by atoms with Crippen molar-refractivity contribution >= 4 is 11.9 Å². The van der Waals surface area contributed by atoms with Crippen LogP contribution in [0.3, 0.4) is 0 Å². The van der Waals surface area contributed by atoms with Gasteiger partial charge in [-0.2, -0.15) is 0 Å². The molecule has 0 N–H and O–H groups in total. The van der Waals surface area contributed by atoms with Crippen LogP contribution in [-0.2, 0) is 9.57 Å². The van der Waals surface area contributed by atoms with Crippen LogP contribution < -0.4 is 9.47 Å². The van der Waals surface area contributed by atoms with Crippen LogP contribution in [0.5, 0.6) is 11.5 Å². The average molecular weight is 295 g/mol. The highest BCUT2D eigenvalue weighted by Gasteiger charge is 2.09. The van der Waals surface area contributed by atoms with Crippen molar-refractivity contribution in [1.82, 2.24) is 0 Å². The van der Waals surface area contributed by atoms with E-state index in [1.165, 1.54) is 7.11 Å². The van der Waals surface area contributed by atoms with E-state index in [0.29, 0.717) is 23.8 Å². The maximum atomic E-state index is 10.9. The molecule has 0 aliphatic carbocycles. The Bertz CT molecular complexity index is 499. The first-order valence-corrected chi connectivity index (χ1v) is 6.73. The van der Waals surface area contributed by atoms with Gasteiger partial charge in [-0.3, -0.25) is 4.84 Å². The molecule has 1 aromatic rings. The lowest BCUT2D eigenvalue weighted by atomic mass is 10.1. The Morgan fingerprint density at radius 2 is 2.00 bits per heavy atom. The molecule has 21 heavy (non-hydrogen) atoms. The molecule has 1 aromatic carbocycles. The van der Waals surface area contributed by atoms with Gasteiger partial charge in [-0.25, -0.2) is 4.79 Å². The van der Waals surface area contributed by atoms with E-state index in [2.05, 4.69) is 21.7 Å². The summed E-state index contributed by atoms with van der Waals surface area (Å²) in [7, 11) is 2.81. The van der Waals surface area contributed by atoms with E-state index in [0.717, 1.165) is 18.4 Å². The van der Waals surface area contributed by atoms with Crippen LogP contribution in [-0.4, -0.2) is 32.7 Å². The molecule has 0 unspecified atom stereocenters. The summed E-state index contributed by atoms with van der Waals surface area (Å²) in [6, 6.07) is 5.40. The van der Waals surface area contributed by atoms with Crippen molar-refractivity contribution in [3.63, 3.8) is 0 Å². The van der Waals surface area contributed by atoms with Crippen LogP contribution in [0.4, 0.5) is 4.79 Å². The SMILES string of the molecule is CCCCOc1cc(C(C)=NOC(=O)OC)ccc1OC. The Labute approximate surface area is 124 Å². The highest BCUT2D eigenvalue weighted by Crippen LogP contribution is 2.28. The predicted octanol–water partition coefficient (Wildman–Crippen LogP) is 3.38. The molecule has 0 saturated heterocycles. The molecule has 0 aromatic heterocycles. The third-order valence-corrected chi connectivity index (χ3v) is 2.76. The van der Waals surface area contributed by atoms with E-state index in [9.17, 15) is 4.79 Å². The Balaban J connectivity index is 2.87. The van der Waals surface area contributed by atoms with Gasteiger partial charge in [0, 0.05) is 5.56 Å². The summed E-state index contributed by atoms with van der Waals surface area (Å²) < 4.78 is 15.3. The normalized spacial score (nSPS) is 11.0. The lowest BCUT2D eigenvalue weighted by molar-refractivity contribution is 0.0753.